The number of hydrogen-bond donors (Lipinski definition) is 1. The van der Waals surface area contributed by atoms with Crippen molar-refractivity contribution in [2.75, 3.05) is 19.6 Å². The molecule has 0 saturated carbocycles. The van der Waals surface area contributed by atoms with Gasteiger partial charge in [-0.05, 0) is 49.5 Å². The standard InChI is InChI=1S/C22H23N3O4/c26-20-6-4-16(5-7-20)17-8-11-24(12-9-17)13-10-22-23-15-21(29-22)18-2-1-3-19(14-18)25(27)28/h1-7,14-15,17,26H,8-13H2. The number of nitrogens with zero attached hydrogens (tertiary/aromatic N) is 3. The monoisotopic (exact) mass is 393 g/mol. The number of non-ortho nitro benzene ring substituents is 1. The van der Waals surface area contributed by atoms with Crippen LogP contribution in [0.3, 0.4) is 0 Å². The Kier molecular flexibility index (Phi) is 5.57. The Labute approximate surface area is 168 Å². The predicted octanol–water partition coefficient (Wildman–Crippen LogP) is 4.38. The summed E-state index contributed by atoms with van der Waals surface area (Å²) in [5, 5.41) is 20.4. The first-order chi connectivity index (χ1) is 14.1. The van der Waals surface area contributed by atoms with Gasteiger partial charge in [-0.3, -0.25) is 10.1 Å². The molecule has 1 aromatic heterocycles. The van der Waals surface area contributed by atoms with Crippen LogP contribution in [0, 0.1) is 10.1 Å². The fourth-order valence-corrected chi connectivity index (χ4v) is 3.82. The molecule has 1 aliphatic rings. The van der Waals surface area contributed by atoms with Crippen molar-refractivity contribution in [1.82, 2.24) is 9.88 Å². The van der Waals surface area contributed by atoms with Gasteiger partial charge in [-0.25, -0.2) is 4.98 Å². The third-order valence-corrected chi connectivity index (χ3v) is 5.49. The third kappa shape index (κ3) is 4.63. The number of benzene rings is 2. The molecule has 1 fully saturated rings. The molecule has 4 rings (SSSR count). The van der Waals surface area contributed by atoms with Crippen LogP contribution >= 0.6 is 0 Å². The minimum absolute atomic E-state index is 0.0388. The van der Waals surface area contributed by atoms with Gasteiger partial charge >= 0.3 is 0 Å². The molecule has 150 valence electrons. The van der Waals surface area contributed by atoms with Crippen LogP contribution in [0.2, 0.25) is 0 Å². The smallest absolute Gasteiger partial charge is 0.270 e. The number of likely N-dealkylation sites (tertiary alicyclic amines) is 1. The van der Waals surface area contributed by atoms with Gasteiger partial charge in [0.15, 0.2) is 11.7 Å². The van der Waals surface area contributed by atoms with Gasteiger partial charge in [-0.1, -0.05) is 24.3 Å². The maximum Gasteiger partial charge on any atom is 0.270 e. The molecule has 1 saturated heterocycles. The molecule has 7 heteroatoms. The van der Waals surface area contributed by atoms with E-state index < -0.39 is 4.92 Å². The first-order valence-corrected chi connectivity index (χ1v) is 9.79. The molecule has 0 amide bonds. The van der Waals surface area contributed by atoms with E-state index in [9.17, 15) is 15.2 Å². The lowest BCUT2D eigenvalue weighted by Gasteiger charge is -2.31. The lowest BCUT2D eigenvalue weighted by molar-refractivity contribution is -0.384. The van der Waals surface area contributed by atoms with E-state index in [1.54, 1.807) is 30.5 Å². The molecule has 1 aliphatic heterocycles. The maximum atomic E-state index is 10.9. The van der Waals surface area contributed by atoms with E-state index in [1.165, 1.54) is 17.7 Å². The van der Waals surface area contributed by atoms with Crippen LogP contribution < -0.4 is 0 Å². The molecule has 0 aliphatic carbocycles. The van der Waals surface area contributed by atoms with Crippen LogP contribution in [0.15, 0.2) is 59.1 Å². The number of piperidine rings is 1. The molecule has 0 atom stereocenters. The van der Waals surface area contributed by atoms with Crippen molar-refractivity contribution in [2.45, 2.75) is 25.2 Å². The lowest BCUT2D eigenvalue weighted by atomic mass is 9.89. The van der Waals surface area contributed by atoms with Crippen molar-refractivity contribution in [2.24, 2.45) is 0 Å². The average molecular weight is 393 g/mol. The highest BCUT2D eigenvalue weighted by atomic mass is 16.6. The zero-order valence-electron chi connectivity index (χ0n) is 16.0. The Bertz CT molecular complexity index is 976. The summed E-state index contributed by atoms with van der Waals surface area (Å²) >= 11 is 0. The van der Waals surface area contributed by atoms with Crippen molar-refractivity contribution >= 4 is 5.69 Å². The summed E-state index contributed by atoms with van der Waals surface area (Å²) in [7, 11) is 0. The Morgan fingerprint density at radius 1 is 1.17 bits per heavy atom. The van der Waals surface area contributed by atoms with Gasteiger partial charge < -0.3 is 14.4 Å². The summed E-state index contributed by atoms with van der Waals surface area (Å²) in [6, 6.07) is 13.9. The first-order valence-electron chi connectivity index (χ1n) is 9.79. The number of hydrogen-bond acceptors (Lipinski definition) is 6. The number of aromatic hydroxyl groups is 1. The van der Waals surface area contributed by atoms with E-state index in [-0.39, 0.29) is 5.69 Å². The second kappa shape index (κ2) is 8.45. The van der Waals surface area contributed by atoms with Crippen LogP contribution in [0.4, 0.5) is 5.69 Å². The number of phenols is 1. The molecule has 1 N–H and O–H groups in total. The van der Waals surface area contributed by atoms with Crippen molar-refractivity contribution < 1.29 is 14.4 Å². The molecule has 3 aromatic rings. The highest BCUT2D eigenvalue weighted by Crippen LogP contribution is 2.29. The maximum absolute atomic E-state index is 10.9. The fourth-order valence-electron chi connectivity index (χ4n) is 3.82. The van der Waals surface area contributed by atoms with Gasteiger partial charge in [0.05, 0.1) is 11.1 Å². The predicted molar refractivity (Wildman–Crippen MR) is 109 cm³/mol. The number of nitro benzene ring substituents is 1. The quantitative estimate of drug-likeness (QED) is 0.494. The van der Waals surface area contributed by atoms with Gasteiger partial charge in [0.25, 0.3) is 5.69 Å². The van der Waals surface area contributed by atoms with Crippen LogP contribution in [-0.4, -0.2) is 39.5 Å². The summed E-state index contributed by atoms with van der Waals surface area (Å²) in [4.78, 5) is 17.3. The van der Waals surface area contributed by atoms with E-state index >= 15 is 0 Å². The number of phenolic OH excluding ortho intramolecular Hbond substituents is 1. The first kappa shape index (κ1) is 19.1. The Morgan fingerprint density at radius 3 is 2.66 bits per heavy atom. The van der Waals surface area contributed by atoms with E-state index in [2.05, 4.69) is 9.88 Å². The Balaban J connectivity index is 1.30. The largest absolute Gasteiger partial charge is 0.508 e. The molecule has 0 unspecified atom stereocenters. The topological polar surface area (TPSA) is 92.6 Å². The zero-order valence-corrected chi connectivity index (χ0v) is 16.0. The zero-order chi connectivity index (χ0) is 20.2. The molecule has 0 spiro atoms. The average Bonchev–Trinajstić information content (AvgIpc) is 3.22. The van der Waals surface area contributed by atoms with Gasteiger partial charge in [0, 0.05) is 30.7 Å². The van der Waals surface area contributed by atoms with Gasteiger partial charge in [0.2, 0.25) is 0 Å². The molecule has 2 heterocycles. The number of rotatable bonds is 6. The van der Waals surface area contributed by atoms with E-state index in [0.29, 0.717) is 35.3 Å². The number of aromatic nitrogens is 1. The van der Waals surface area contributed by atoms with Crippen LogP contribution in [0.1, 0.15) is 30.2 Å². The van der Waals surface area contributed by atoms with Crippen molar-refractivity contribution in [3.63, 3.8) is 0 Å². The Morgan fingerprint density at radius 2 is 1.93 bits per heavy atom. The fraction of sp³-hybridized carbons (Fsp3) is 0.318. The summed E-state index contributed by atoms with van der Waals surface area (Å²) in [5.41, 5.74) is 1.99. The van der Waals surface area contributed by atoms with Crippen LogP contribution in [0.5, 0.6) is 5.75 Å². The number of nitro groups is 1. The SMILES string of the molecule is O=[N+]([O-])c1cccc(-c2cnc(CCN3CCC(c4ccc(O)cc4)CC3)o2)c1. The van der Waals surface area contributed by atoms with Crippen molar-refractivity contribution in [3.05, 3.63) is 76.3 Å². The lowest BCUT2D eigenvalue weighted by Crippen LogP contribution is -2.34. The Hall–Kier alpha value is -3.19. The molecule has 29 heavy (non-hydrogen) atoms. The van der Waals surface area contributed by atoms with Crippen molar-refractivity contribution in [1.29, 1.82) is 0 Å². The number of oxazole rings is 1. The molecule has 0 radical (unpaired) electrons. The third-order valence-electron chi connectivity index (χ3n) is 5.49. The second-order valence-electron chi connectivity index (χ2n) is 7.38. The molecule has 7 nitrogen and oxygen atoms in total. The summed E-state index contributed by atoms with van der Waals surface area (Å²) in [6.07, 6.45) is 4.52. The highest BCUT2D eigenvalue weighted by molar-refractivity contribution is 5.60. The molecular weight excluding hydrogens is 370 g/mol. The molecule has 0 bridgehead atoms. The van der Waals surface area contributed by atoms with E-state index in [4.69, 9.17) is 4.42 Å². The minimum Gasteiger partial charge on any atom is -0.508 e. The summed E-state index contributed by atoms with van der Waals surface area (Å²) in [6.45, 7) is 2.91. The van der Waals surface area contributed by atoms with E-state index in [1.807, 2.05) is 12.1 Å². The molecule has 2 aromatic carbocycles. The van der Waals surface area contributed by atoms with Gasteiger partial charge in [0.1, 0.15) is 5.75 Å². The second-order valence-corrected chi connectivity index (χ2v) is 7.38. The van der Waals surface area contributed by atoms with Gasteiger partial charge in [-0.2, -0.15) is 0 Å². The van der Waals surface area contributed by atoms with E-state index in [0.717, 1.165) is 32.5 Å². The summed E-state index contributed by atoms with van der Waals surface area (Å²) in [5.74, 6) is 2.04. The van der Waals surface area contributed by atoms with Gasteiger partial charge in [-0.15, -0.1) is 0 Å². The van der Waals surface area contributed by atoms with Crippen LogP contribution in [-0.2, 0) is 6.42 Å². The minimum atomic E-state index is -0.414. The van der Waals surface area contributed by atoms with Crippen molar-refractivity contribution in [3.8, 4) is 17.1 Å². The summed E-state index contributed by atoms with van der Waals surface area (Å²) < 4.78 is 5.81. The highest BCUT2D eigenvalue weighted by Gasteiger charge is 2.21. The molecular formula is C22H23N3O4. The van der Waals surface area contributed by atoms with Crippen LogP contribution in [0.25, 0.3) is 11.3 Å². The normalized spacial score (nSPS) is 15.4.